The summed E-state index contributed by atoms with van der Waals surface area (Å²) in [6.07, 6.45) is 0. The normalized spacial score (nSPS) is 12.2. The van der Waals surface area contributed by atoms with Gasteiger partial charge in [0, 0.05) is 46.9 Å². The Labute approximate surface area is 704 Å². The van der Waals surface area contributed by atoms with Gasteiger partial charge >= 0.3 is 0 Å². The van der Waals surface area contributed by atoms with E-state index in [9.17, 15) is 0 Å². The molecule has 119 heavy (non-hydrogen) atoms. The van der Waals surface area contributed by atoms with Crippen molar-refractivity contribution < 1.29 is 4.74 Å². The number of rotatable bonds is 18. The molecule has 0 aliphatic rings. The van der Waals surface area contributed by atoms with E-state index in [2.05, 4.69) is 408 Å². The highest BCUT2D eigenvalue weighted by molar-refractivity contribution is 7.79. The summed E-state index contributed by atoms with van der Waals surface area (Å²) >= 11 is 0. The fraction of sp³-hybridized carbons (Fsp3) is 0.140. The fourth-order valence-corrected chi connectivity index (χ4v) is 23.7. The van der Waals surface area contributed by atoms with Crippen LogP contribution in [-0.4, -0.2) is 69.3 Å². The van der Waals surface area contributed by atoms with Crippen LogP contribution in [0.4, 0.5) is 0 Å². The van der Waals surface area contributed by atoms with Crippen molar-refractivity contribution in [2.45, 2.75) is 92.4 Å². The van der Waals surface area contributed by atoms with Crippen molar-refractivity contribution in [2.24, 2.45) is 0 Å². The highest BCUT2D eigenvalue weighted by Gasteiger charge is 2.34. The maximum Gasteiger partial charge on any atom is 0.120 e. The van der Waals surface area contributed by atoms with Gasteiger partial charge in [0.1, 0.15) is 34.0 Å². The van der Waals surface area contributed by atoms with E-state index in [0.717, 1.165) is 160 Å². The van der Waals surface area contributed by atoms with Crippen LogP contribution in [0.1, 0.15) is 11.1 Å². The number of hydrogen-bond donors (Lipinski definition) is 0. The maximum absolute atomic E-state index is 6.57. The quantitative estimate of drug-likeness (QED) is 0.0625. The first-order valence-electron chi connectivity index (χ1n) is 41.4. The minimum atomic E-state index is -1.78. The van der Waals surface area contributed by atoms with E-state index < -0.39 is 40.2 Å². The Morgan fingerprint density at radius 2 is 0.546 bits per heavy atom. The predicted octanol–water partition coefficient (Wildman–Crippen LogP) is 25.1. The zero-order valence-electron chi connectivity index (χ0n) is 70.6. The number of aryl methyl sites for hydroxylation is 2. The van der Waals surface area contributed by atoms with Gasteiger partial charge in [0.15, 0.2) is 0 Å². The second-order valence-electron chi connectivity index (χ2n) is 36.0. The molecular formula is C107H97N6OPSi4. The van der Waals surface area contributed by atoms with Crippen molar-refractivity contribution in [3.05, 3.63) is 327 Å². The second-order valence-corrected chi connectivity index (χ2v) is 58.4. The smallest absolute Gasteiger partial charge is 0.120 e. The summed E-state index contributed by atoms with van der Waals surface area (Å²) in [4.78, 5) is 39.0. The van der Waals surface area contributed by atoms with Crippen LogP contribution >= 0.6 is 7.92 Å². The number of aromatic nitrogens is 6. The molecule has 0 radical (unpaired) electrons. The van der Waals surface area contributed by atoms with E-state index in [-0.39, 0.29) is 0 Å². The third-order valence-electron chi connectivity index (χ3n) is 23.7. The molecule has 582 valence electrons. The molecule has 0 saturated carbocycles. The van der Waals surface area contributed by atoms with Crippen molar-refractivity contribution >= 4 is 132 Å². The van der Waals surface area contributed by atoms with Crippen LogP contribution in [0.25, 0.3) is 167 Å². The van der Waals surface area contributed by atoms with Crippen LogP contribution in [0.3, 0.4) is 0 Å². The van der Waals surface area contributed by atoms with Gasteiger partial charge in [0.2, 0.25) is 0 Å². The molecule has 0 unspecified atom stereocenters. The van der Waals surface area contributed by atoms with Crippen LogP contribution in [0.15, 0.2) is 315 Å². The minimum Gasteiger partial charge on any atom is -0.497 e. The molecule has 18 aromatic rings. The van der Waals surface area contributed by atoms with E-state index in [1.54, 1.807) is 7.11 Å². The van der Waals surface area contributed by atoms with Gasteiger partial charge in [0.05, 0.1) is 78.2 Å². The lowest BCUT2D eigenvalue weighted by Gasteiger charge is -2.24. The van der Waals surface area contributed by atoms with Gasteiger partial charge in [0.25, 0.3) is 0 Å². The molecule has 12 heteroatoms. The third kappa shape index (κ3) is 15.0. The highest BCUT2D eigenvalue weighted by Crippen LogP contribution is 2.50. The zero-order chi connectivity index (χ0) is 82.4. The van der Waals surface area contributed by atoms with E-state index in [4.69, 9.17) is 34.6 Å². The van der Waals surface area contributed by atoms with Crippen LogP contribution < -0.4 is 41.5 Å². The molecule has 0 bridgehead atoms. The van der Waals surface area contributed by atoms with Gasteiger partial charge in [-0.15, -0.1) is 0 Å². The van der Waals surface area contributed by atoms with Crippen LogP contribution in [0.5, 0.6) is 5.75 Å². The summed E-state index contributed by atoms with van der Waals surface area (Å²) in [6, 6.07) is 117. The standard InChI is InChI=1S/C107H97N6OPSi4/c1-68-33-37-72(38-34-68)86-65-66-91(73-39-35-69(2)36-40-73)101-100(86)112-106(107(113-101)115(79-27-18-16-19-28-79)80-29-20-17-21-30-80)105-104(110-98-89(76-46-56-83(57-47-76)118(10,11)12)63-64-90(99(98)111-105)77-48-58-84(59-49-77)119(13,14)15)103-102(93-60-50-70-25-22-23-31-85(70)95(93)92-32-24-26-71-41-51-78(114-3)67-94(71)92)108-96-87(74-42-52-81(53-43-74)116(4,5)6)61-62-88(97(96)109-103)75-44-54-82(55-45-75)117(7,8)9/h16-67H,1-15H3. The molecule has 0 amide bonds. The van der Waals surface area contributed by atoms with Crippen molar-refractivity contribution in [2.75, 3.05) is 7.11 Å². The van der Waals surface area contributed by atoms with Gasteiger partial charge in [-0.3, -0.25) is 0 Å². The lowest BCUT2D eigenvalue weighted by atomic mass is 9.87. The first-order valence-corrected chi connectivity index (χ1v) is 56.8. The monoisotopic (exact) mass is 1620 g/mol. The van der Waals surface area contributed by atoms with Crippen molar-refractivity contribution in [3.8, 4) is 118 Å². The van der Waals surface area contributed by atoms with Crippen molar-refractivity contribution in [1.82, 2.24) is 29.9 Å². The molecule has 15 aromatic carbocycles. The SMILES string of the molecule is COc1ccc2cccc(-c3c(-c4nc5c(-c6ccc([Si](C)(C)C)cc6)ccc(-c6ccc([Si](C)(C)C)cc6)c5nc4-c4nc5c(-c6ccc([Si](C)(C)C)cc6)ccc(-c6ccc([Si](C)(C)C)cc6)c5nc4-c4nc5c(-c6ccc(C)cc6)ccc(-c6ccc(C)cc6)c5nc4P(c4ccccc4)c4ccccc4)ccc4ccccc34)c2c1. The molecule has 0 fully saturated rings. The number of hydrogen-bond acceptors (Lipinski definition) is 7. The minimum absolute atomic E-state index is 0.509. The molecule has 3 aromatic heterocycles. The van der Waals surface area contributed by atoms with Crippen LogP contribution in [0, 0.1) is 13.8 Å². The summed E-state index contributed by atoms with van der Waals surface area (Å²) < 4.78 is 6.14. The third-order valence-corrected chi connectivity index (χ3v) is 34.3. The molecule has 0 saturated heterocycles. The lowest BCUT2D eigenvalue weighted by Crippen LogP contribution is -2.37. The molecule has 0 atom stereocenters. The second kappa shape index (κ2) is 31.0. The van der Waals surface area contributed by atoms with E-state index in [1.165, 1.54) is 26.3 Å². The molecule has 18 rings (SSSR count). The maximum atomic E-state index is 6.57. The first kappa shape index (κ1) is 78.1. The van der Waals surface area contributed by atoms with Crippen molar-refractivity contribution in [1.29, 1.82) is 0 Å². The summed E-state index contributed by atoms with van der Waals surface area (Å²) in [6.45, 7) is 33.3. The Hall–Kier alpha value is -12.1. The van der Waals surface area contributed by atoms with Crippen LogP contribution in [-0.2, 0) is 0 Å². The van der Waals surface area contributed by atoms with E-state index in [0.29, 0.717) is 34.0 Å². The summed E-state index contributed by atoms with van der Waals surface area (Å²) in [5.74, 6) is 0.760. The van der Waals surface area contributed by atoms with Gasteiger partial charge in [-0.25, -0.2) is 29.9 Å². The Bertz CT molecular complexity index is 6920. The zero-order valence-corrected chi connectivity index (χ0v) is 75.5. The van der Waals surface area contributed by atoms with Crippen LogP contribution in [0.2, 0.25) is 78.6 Å². The molecule has 7 nitrogen and oxygen atoms in total. The predicted molar refractivity (Wildman–Crippen MR) is 522 cm³/mol. The molecule has 0 aliphatic heterocycles. The molecule has 0 N–H and O–H groups in total. The number of methoxy groups -OCH3 is 1. The van der Waals surface area contributed by atoms with Gasteiger partial charge in [-0.2, -0.15) is 0 Å². The summed E-state index contributed by atoms with van der Waals surface area (Å²) in [5.41, 5.74) is 25.1. The molecular weight excluding hydrogens is 1530 g/mol. The average molecular weight is 1630 g/mol. The number of fused-ring (bicyclic) bond motifs is 5. The van der Waals surface area contributed by atoms with E-state index in [1.807, 2.05) is 0 Å². The number of nitrogens with zero attached hydrogens (tertiary/aromatic N) is 6. The molecule has 0 aliphatic carbocycles. The average Bonchev–Trinajstić information content (AvgIpc) is 0.660. The molecule has 3 heterocycles. The Kier molecular flexibility index (Phi) is 20.4. The molecule has 0 spiro atoms. The van der Waals surface area contributed by atoms with E-state index >= 15 is 0 Å². The van der Waals surface area contributed by atoms with Gasteiger partial charge < -0.3 is 4.74 Å². The topological polar surface area (TPSA) is 86.6 Å². The Balaban J connectivity index is 1.09. The largest absolute Gasteiger partial charge is 0.497 e. The van der Waals surface area contributed by atoms with Crippen molar-refractivity contribution in [3.63, 3.8) is 0 Å². The van der Waals surface area contributed by atoms with Gasteiger partial charge in [-0.1, -0.05) is 414 Å². The Morgan fingerprint density at radius 3 is 0.933 bits per heavy atom. The highest BCUT2D eigenvalue weighted by atomic mass is 31.1. The number of benzene rings is 15. The fourth-order valence-electron chi connectivity index (χ4n) is 16.8. The lowest BCUT2D eigenvalue weighted by molar-refractivity contribution is 0.415. The summed E-state index contributed by atoms with van der Waals surface area (Å²) in [7, 11) is -6.90. The summed E-state index contributed by atoms with van der Waals surface area (Å²) in [5, 5.41) is 11.9. The first-order chi connectivity index (χ1) is 57.3. The van der Waals surface area contributed by atoms with Gasteiger partial charge in [-0.05, 0) is 103 Å². The number of ether oxygens (including phenoxy) is 1. The Morgan fingerprint density at radius 1 is 0.244 bits per heavy atom.